The molecule has 2 bridgehead atoms. The molecule has 1 saturated heterocycles. The zero-order chi connectivity index (χ0) is 11.7. The van der Waals surface area contributed by atoms with Crippen molar-refractivity contribution in [1.82, 2.24) is 0 Å². The highest BCUT2D eigenvalue weighted by molar-refractivity contribution is 7.97. The number of ether oxygens (including phenoxy) is 1. The number of hydrogen-bond acceptors (Lipinski definition) is 2. The van der Waals surface area contributed by atoms with Gasteiger partial charge in [0.2, 0.25) is 5.75 Å². The molecule has 17 heavy (non-hydrogen) atoms. The van der Waals surface area contributed by atoms with Gasteiger partial charge in [-0.2, -0.15) is 0 Å². The number of rotatable bonds is 3. The molecular formula is C14H23O2S+. The van der Waals surface area contributed by atoms with Gasteiger partial charge in [0.25, 0.3) is 0 Å². The molecule has 0 amide bonds. The van der Waals surface area contributed by atoms with Crippen LogP contribution in [0.2, 0.25) is 0 Å². The Morgan fingerprint density at radius 1 is 1.12 bits per heavy atom. The third-order valence-electron chi connectivity index (χ3n) is 4.64. The van der Waals surface area contributed by atoms with Crippen molar-refractivity contribution in [3.63, 3.8) is 0 Å². The SMILES string of the molecule is O=C(C[S+]1CCCCC1)OC1CC2CCC1C2. The molecule has 3 unspecified atom stereocenters. The molecule has 0 aromatic heterocycles. The second kappa shape index (κ2) is 5.21. The van der Waals surface area contributed by atoms with Crippen molar-refractivity contribution in [3.8, 4) is 0 Å². The maximum absolute atomic E-state index is 11.9. The Bertz CT molecular complexity index is 286. The predicted octanol–water partition coefficient (Wildman–Crippen LogP) is 2.52. The Labute approximate surface area is 107 Å². The van der Waals surface area contributed by atoms with E-state index in [0.29, 0.717) is 22.6 Å². The van der Waals surface area contributed by atoms with Crippen molar-refractivity contribution in [1.29, 1.82) is 0 Å². The molecule has 0 aromatic rings. The molecule has 96 valence electrons. The second-order valence-corrected chi connectivity index (χ2v) is 8.26. The molecule has 2 nitrogen and oxygen atoms in total. The molecule has 3 atom stereocenters. The molecule has 2 saturated carbocycles. The lowest BCUT2D eigenvalue weighted by atomic mass is 9.98. The largest absolute Gasteiger partial charge is 0.459 e. The Morgan fingerprint density at radius 3 is 2.59 bits per heavy atom. The van der Waals surface area contributed by atoms with E-state index in [1.165, 1.54) is 50.0 Å². The summed E-state index contributed by atoms with van der Waals surface area (Å²) in [5.41, 5.74) is 0. The summed E-state index contributed by atoms with van der Waals surface area (Å²) in [4.78, 5) is 11.9. The highest BCUT2D eigenvalue weighted by atomic mass is 32.2. The van der Waals surface area contributed by atoms with Crippen molar-refractivity contribution < 1.29 is 9.53 Å². The van der Waals surface area contributed by atoms with Crippen LogP contribution in [-0.4, -0.2) is 29.3 Å². The molecule has 0 spiro atoms. The molecule has 2 aliphatic carbocycles. The van der Waals surface area contributed by atoms with Gasteiger partial charge < -0.3 is 4.74 Å². The topological polar surface area (TPSA) is 26.3 Å². The van der Waals surface area contributed by atoms with Gasteiger partial charge in [-0.05, 0) is 67.7 Å². The van der Waals surface area contributed by atoms with Gasteiger partial charge in [-0.25, -0.2) is 4.79 Å². The molecule has 3 fully saturated rings. The minimum absolute atomic E-state index is 0.104. The third kappa shape index (κ3) is 2.81. The van der Waals surface area contributed by atoms with Crippen LogP contribution in [0.5, 0.6) is 0 Å². The highest BCUT2D eigenvalue weighted by Gasteiger charge is 2.42. The first-order chi connectivity index (χ1) is 8.31. The van der Waals surface area contributed by atoms with Gasteiger partial charge in [0.05, 0.1) is 0 Å². The lowest BCUT2D eigenvalue weighted by molar-refractivity contribution is -0.148. The molecule has 1 heterocycles. The van der Waals surface area contributed by atoms with Crippen LogP contribution in [0.1, 0.15) is 44.9 Å². The zero-order valence-electron chi connectivity index (χ0n) is 10.5. The van der Waals surface area contributed by atoms with Crippen molar-refractivity contribution in [2.75, 3.05) is 17.3 Å². The molecule has 3 heteroatoms. The van der Waals surface area contributed by atoms with Crippen LogP contribution in [0.25, 0.3) is 0 Å². The Kier molecular flexibility index (Phi) is 3.64. The Hall–Kier alpha value is -0.180. The van der Waals surface area contributed by atoms with Crippen LogP contribution in [-0.2, 0) is 20.4 Å². The summed E-state index contributed by atoms with van der Waals surface area (Å²) in [5.74, 6) is 4.94. The van der Waals surface area contributed by atoms with Gasteiger partial charge >= 0.3 is 5.97 Å². The second-order valence-electron chi connectivity index (χ2n) is 5.93. The smallest absolute Gasteiger partial charge is 0.356 e. The Balaban J connectivity index is 1.44. The van der Waals surface area contributed by atoms with Crippen LogP contribution in [0.15, 0.2) is 0 Å². The number of hydrogen-bond donors (Lipinski definition) is 0. The highest BCUT2D eigenvalue weighted by Crippen LogP contribution is 2.45. The summed E-state index contributed by atoms with van der Waals surface area (Å²) in [7, 11) is 0.349. The summed E-state index contributed by atoms with van der Waals surface area (Å²) in [6.07, 6.45) is 9.46. The lowest BCUT2D eigenvalue weighted by Gasteiger charge is -2.22. The van der Waals surface area contributed by atoms with E-state index in [0.717, 1.165) is 12.3 Å². The van der Waals surface area contributed by atoms with Crippen LogP contribution >= 0.6 is 0 Å². The number of carbonyl (C=O) groups excluding carboxylic acids is 1. The lowest BCUT2D eigenvalue weighted by Crippen LogP contribution is -2.31. The molecule has 0 aromatic carbocycles. The fourth-order valence-electron chi connectivity index (χ4n) is 3.74. The summed E-state index contributed by atoms with van der Waals surface area (Å²) in [6.45, 7) is 0. The van der Waals surface area contributed by atoms with Gasteiger partial charge in [-0.1, -0.05) is 0 Å². The standard InChI is InChI=1S/C14H23O2S/c15-14(10-17-6-2-1-3-7-17)16-13-9-11-4-5-12(13)8-11/h11-13H,1-10H2/q+1. The van der Waals surface area contributed by atoms with Gasteiger partial charge in [-0.15, -0.1) is 0 Å². The van der Waals surface area contributed by atoms with E-state index in [4.69, 9.17) is 4.74 Å². The van der Waals surface area contributed by atoms with E-state index < -0.39 is 0 Å². The van der Waals surface area contributed by atoms with Gasteiger partial charge in [-0.3, -0.25) is 0 Å². The summed E-state index contributed by atoms with van der Waals surface area (Å²) >= 11 is 0. The van der Waals surface area contributed by atoms with Gasteiger partial charge in [0.1, 0.15) is 17.6 Å². The van der Waals surface area contributed by atoms with Crippen LogP contribution < -0.4 is 0 Å². The average molecular weight is 255 g/mol. The molecular weight excluding hydrogens is 232 g/mol. The van der Waals surface area contributed by atoms with Crippen LogP contribution in [0.4, 0.5) is 0 Å². The number of fused-ring (bicyclic) bond motifs is 2. The van der Waals surface area contributed by atoms with Gasteiger partial charge in [0.15, 0.2) is 0 Å². The van der Waals surface area contributed by atoms with E-state index in [1.807, 2.05) is 0 Å². The molecule has 1 aliphatic heterocycles. The first kappa shape index (κ1) is 11.9. The van der Waals surface area contributed by atoms with E-state index in [2.05, 4.69) is 0 Å². The minimum Gasteiger partial charge on any atom is -0.459 e. The third-order valence-corrected chi connectivity index (χ3v) is 7.02. The summed E-state index contributed by atoms with van der Waals surface area (Å²) < 4.78 is 5.72. The minimum atomic E-state index is 0.104. The van der Waals surface area contributed by atoms with Crippen LogP contribution in [0, 0.1) is 11.8 Å². The average Bonchev–Trinajstić information content (AvgIpc) is 2.92. The summed E-state index contributed by atoms with van der Waals surface area (Å²) in [5, 5.41) is 0. The first-order valence-electron chi connectivity index (χ1n) is 7.15. The monoisotopic (exact) mass is 255 g/mol. The zero-order valence-corrected chi connectivity index (χ0v) is 11.3. The Morgan fingerprint density at radius 2 is 1.94 bits per heavy atom. The number of carbonyl (C=O) groups is 1. The van der Waals surface area contributed by atoms with Crippen molar-refractivity contribution in [3.05, 3.63) is 0 Å². The predicted molar refractivity (Wildman–Crippen MR) is 71.1 cm³/mol. The molecule has 0 radical (unpaired) electrons. The van der Waals surface area contributed by atoms with Gasteiger partial charge in [0, 0.05) is 0 Å². The van der Waals surface area contributed by atoms with E-state index >= 15 is 0 Å². The fraction of sp³-hybridized carbons (Fsp3) is 0.929. The number of esters is 1. The van der Waals surface area contributed by atoms with E-state index in [-0.39, 0.29) is 12.1 Å². The molecule has 3 rings (SSSR count). The molecule has 0 N–H and O–H groups in total. The first-order valence-corrected chi connectivity index (χ1v) is 8.88. The van der Waals surface area contributed by atoms with Crippen molar-refractivity contribution >= 4 is 16.9 Å². The van der Waals surface area contributed by atoms with E-state index in [1.54, 1.807) is 0 Å². The quantitative estimate of drug-likeness (QED) is 0.572. The maximum Gasteiger partial charge on any atom is 0.356 e. The maximum atomic E-state index is 11.9. The molecule has 3 aliphatic rings. The van der Waals surface area contributed by atoms with Crippen molar-refractivity contribution in [2.24, 2.45) is 11.8 Å². The fourth-order valence-corrected chi connectivity index (χ4v) is 5.85. The van der Waals surface area contributed by atoms with Crippen molar-refractivity contribution in [2.45, 2.75) is 51.0 Å². The van der Waals surface area contributed by atoms with Crippen LogP contribution in [0.3, 0.4) is 0 Å². The summed E-state index contributed by atoms with van der Waals surface area (Å²) in [6, 6.07) is 0. The normalized spacial score (nSPS) is 37.3. The van der Waals surface area contributed by atoms with E-state index in [9.17, 15) is 4.79 Å².